The molecule has 1 saturated carbocycles. The van der Waals surface area contributed by atoms with Gasteiger partial charge in [-0.25, -0.2) is 0 Å². The molecule has 0 aromatic rings. The van der Waals surface area contributed by atoms with E-state index >= 15 is 0 Å². The van der Waals surface area contributed by atoms with Crippen LogP contribution in [0.4, 0.5) is 0 Å². The fourth-order valence-corrected chi connectivity index (χ4v) is 3.31. The maximum atomic E-state index is 12.1. The lowest BCUT2D eigenvalue weighted by Crippen LogP contribution is -2.43. The third-order valence-electron chi connectivity index (χ3n) is 4.43. The number of nitrogens with one attached hydrogen (secondary N) is 2. The van der Waals surface area contributed by atoms with E-state index in [1.807, 2.05) is 6.92 Å². The van der Waals surface area contributed by atoms with Crippen LogP contribution in [0.25, 0.3) is 0 Å². The van der Waals surface area contributed by atoms with E-state index in [0.717, 1.165) is 44.2 Å². The summed E-state index contributed by atoms with van der Waals surface area (Å²) in [5.41, 5.74) is 3.79. The number of rotatable bonds is 4. The zero-order chi connectivity index (χ0) is 15.9. The molecular weight excluding hydrogens is 506 g/mol. The third kappa shape index (κ3) is 4.04. The highest BCUT2D eigenvalue weighted by Gasteiger charge is 2.33. The lowest BCUT2D eigenvalue weighted by atomic mass is 9.90. The van der Waals surface area contributed by atoms with Crippen LogP contribution in [0.15, 0.2) is 22.9 Å². The van der Waals surface area contributed by atoms with Gasteiger partial charge in [0, 0.05) is 24.1 Å². The summed E-state index contributed by atoms with van der Waals surface area (Å²) in [6.07, 6.45) is 7.96. The molecule has 4 nitrogen and oxygen atoms in total. The number of carbonyl (C=O) groups is 2. The van der Waals surface area contributed by atoms with Crippen LogP contribution in [-0.4, -0.2) is 19.3 Å². The highest BCUT2D eigenvalue weighted by molar-refractivity contribution is 14.2. The molecule has 0 aromatic carbocycles. The molecule has 2 N–H and O–H groups in total. The average molecular weight is 526 g/mol. The first-order valence-electron chi connectivity index (χ1n) is 7.74. The summed E-state index contributed by atoms with van der Waals surface area (Å²) in [7, 11) is 0. The standard InChI is InChI=1S/C16H20I2N2O2/c1-16(17,18)15(22)20-12-5-4-10-6-13(8-11(10)7-12)19-14(21)9-2-3-9/h8-9,12H,2-7H2,1H3,(H,19,21)(H,20,22)/t12-/m0/s1. The van der Waals surface area contributed by atoms with Crippen molar-refractivity contribution in [1.29, 1.82) is 0 Å². The number of halogens is 2. The van der Waals surface area contributed by atoms with Crippen molar-refractivity contribution in [3.63, 3.8) is 0 Å². The van der Waals surface area contributed by atoms with E-state index in [1.165, 1.54) is 11.1 Å². The maximum absolute atomic E-state index is 12.1. The Hall–Kier alpha value is -0.120. The van der Waals surface area contributed by atoms with Gasteiger partial charge in [0.15, 0.2) is 0 Å². The lowest BCUT2D eigenvalue weighted by molar-refractivity contribution is -0.122. The van der Waals surface area contributed by atoms with Crippen LogP contribution < -0.4 is 10.6 Å². The third-order valence-corrected chi connectivity index (χ3v) is 5.41. The van der Waals surface area contributed by atoms with Crippen LogP contribution >= 0.6 is 45.2 Å². The zero-order valence-corrected chi connectivity index (χ0v) is 16.9. The minimum atomic E-state index is -0.404. The molecule has 22 heavy (non-hydrogen) atoms. The topological polar surface area (TPSA) is 58.2 Å². The van der Waals surface area contributed by atoms with Gasteiger partial charge in [-0.05, 0) is 50.7 Å². The number of allylic oxidation sites excluding steroid dienone is 2. The summed E-state index contributed by atoms with van der Waals surface area (Å²) < 4.78 is -0.404. The van der Waals surface area contributed by atoms with Gasteiger partial charge in [0.1, 0.15) is 1.43 Å². The maximum Gasteiger partial charge on any atom is 0.245 e. The van der Waals surface area contributed by atoms with Gasteiger partial charge >= 0.3 is 0 Å². The molecule has 0 spiro atoms. The molecule has 0 radical (unpaired) electrons. The number of alkyl halides is 2. The quantitative estimate of drug-likeness (QED) is 0.437. The second-order valence-electron chi connectivity index (χ2n) is 6.54. The predicted octanol–water partition coefficient (Wildman–Crippen LogP) is 3.35. The van der Waals surface area contributed by atoms with E-state index in [1.54, 1.807) is 0 Å². The molecule has 3 aliphatic carbocycles. The minimum Gasteiger partial charge on any atom is -0.351 e. The van der Waals surface area contributed by atoms with Crippen molar-refractivity contribution in [2.75, 3.05) is 0 Å². The van der Waals surface area contributed by atoms with Crippen molar-refractivity contribution >= 4 is 57.0 Å². The largest absolute Gasteiger partial charge is 0.351 e. The second kappa shape index (κ2) is 6.41. The van der Waals surface area contributed by atoms with Crippen molar-refractivity contribution in [2.45, 2.75) is 52.9 Å². The van der Waals surface area contributed by atoms with Gasteiger partial charge in [0.25, 0.3) is 0 Å². The van der Waals surface area contributed by atoms with Crippen LogP contribution in [0.2, 0.25) is 0 Å². The van der Waals surface area contributed by atoms with E-state index in [9.17, 15) is 9.59 Å². The lowest BCUT2D eigenvalue weighted by Gasteiger charge is -2.27. The Morgan fingerprint density at radius 3 is 2.64 bits per heavy atom. The molecule has 2 amide bonds. The average Bonchev–Trinajstić information content (AvgIpc) is 3.19. The Bertz CT molecular complexity index is 571. The van der Waals surface area contributed by atoms with Gasteiger partial charge in [-0.3, -0.25) is 9.59 Å². The second-order valence-corrected chi connectivity index (χ2v) is 12.9. The van der Waals surface area contributed by atoms with Crippen molar-refractivity contribution in [3.05, 3.63) is 22.9 Å². The molecule has 0 aromatic heterocycles. The van der Waals surface area contributed by atoms with Crippen LogP contribution in [0.3, 0.4) is 0 Å². The predicted molar refractivity (Wildman–Crippen MR) is 103 cm³/mol. The Balaban J connectivity index is 1.56. The normalized spacial score (nSPS) is 24.7. The molecule has 3 rings (SSSR count). The summed E-state index contributed by atoms with van der Waals surface area (Å²) in [4.78, 5) is 24.0. The highest BCUT2D eigenvalue weighted by atomic mass is 127. The van der Waals surface area contributed by atoms with Gasteiger partial charge in [0.05, 0.1) is 0 Å². The van der Waals surface area contributed by atoms with Crippen LogP contribution in [-0.2, 0) is 9.59 Å². The molecule has 1 fully saturated rings. The first-order valence-corrected chi connectivity index (χ1v) is 9.90. The van der Waals surface area contributed by atoms with Gasteiger partial charge in [-0.15, -0.1) is 0 Å². The van der Waals surface area contributed by atoms with Crippen molar-refractivity contribution < 1.29 is 9.59 Å². The van der Waals surface area contributed by atoms with E-state index in [0.29, 0.717) is 0 Å². The first kappa shape index (κ1) is 16.7. The number of amides is 2. The Morgan fingerprint density at radius 1 is 1.27 bits per heavy atom. The zero-order valence-electron chi connectivity index (χ0n) is 12.5. The number of hydrogen-bond donors (Lipinski definition) is 2. The number of carbonyl (C=O) groups excluding carboxylic acids is 2. The van der Waals surface area contributed by atoms with E-state index in [4.69, 9.17) is 0 Å². The molecule has 3 aliphatic rings. The monoisotopic (exact) mass is 526 g/mol. The molecule has 120 valence electrons. The molecule has 1 atom stereocenters. The fourth-order valence-electron chi connectivity index (χ4n) is 3.00. The van der Waals surface area contributed by atoms with E-state index < -0.39 is 1.43 Å². The molecule has 0 bridgehead atoms. The summed E-state index contributed by atoms with van der Waals surface area (Å²) >= 11 is 4.32. The summed E-state index contributed by atoms with van der Waals surface area (Å²) in [5.74, 6) is 0.518. The van der Waals surface area contributed by atoms with Gasteiger partial charge in [-0.1, -0.05) is 50.8 Å². The Labute approximate surface area is 158 Å². The number of hydrogen-bond acceptors (Lipinski definition) is 2. The molecule has 0 unspecified atom stereocenters. The molecule has 0 heterocycles. The van der Waals surface area contributed by atoms with Gasteiger partial charge in [0.2, 0.25) is 11.8 Å². The van der Waals surface area contributed by atoms with E-state index in [2.05, 4.69) is 61.9 Å². The minimum absolute atomic E-state index is 0.0898. The fraction of sp³-hybridized carbons (Fsp3) is 0.625. The summed E-state index contributed by atoms with van der Waals surface area (Å²) in [5, 5.41) is 6.22. The smallest absolute Gasteiger partial charge is 0.245 e. The molecule has 0 aliphatic heterocycles. The molecule has 6 heteroatoms. The SMILES string of the molecule is CC(I)(I)C(=O)N[C@H]1CCC2=C(C=C(NC(=O)C3CC3)C2)C1. The van der Waals surface area contributed by atoms with Crippen molar-refractivity contribution in [1.82, 2.24) is 10.6 Å². The van der Waals surface area contributed by atoms with Crippen molar-refractivity contribution in [2.24, 2.45) is 5.92 Å². The van der Waals surface area contributed by atoms with E-state index in [-0.39, 0.29) is 23.8 Å². The highest BCUT2D eigenvalue weighted by Crippen LogP contribution is 2.37. The van der Waals surface area contributed by atoms with Crippen LogP contribution in [0.1, 0.15) is 45.4 Å². The van der Waals surface area contributed by atoms with Crippen molar-refractivity contribution in [3.8, 4) is 0 Å². The summed E-state index contributed by atoms with van der Waals surface area (Å²) in [6.45, 7) is 1.91. The Kier molecular flexibility index (Phi) is 4.87. The van der Waals surface area contributed by atoms with Gasteiger partial charge < -0.3 is 10.6 Å². The van der Waals surface area contributed by atoms with Gasteiger partial charge in [-0.2, -0.15) is 0 Å². The summed E-state index contributed by atoms with van der Waals surface area (Å²) in [6, 6.07) is 0.213. The van der Waals surface area contributed by atoms with Crippen LogP contribution in [0, 0.1) is 5.92 Å². The molecule has 0 saturated heterocycles. The Morgan fingerprint density at radius 2 is 2.00 bits per heavy atom. The molecular formula is C16H20I2N2O2. The van der Waals surface area contributed by atoms with Crippen LogP contribution in [0.5, 0.6) is 0 Å². The first-order chi connectivity index (χ1) is 10.3.